The van der Waals surface area contributed by atoms with Crippen molar-refractivity contribution in [3.63, 3.8) is 0 Å². The van der Waals surface area contributed by atoms with Crippen LogP contribution in [0.4, 0.5) is 5.69 Å². The molecule has 0 radical (unpaired) electrons. The number of halogens is 1. The Morgan fingerprint density at radius 3 is 2.35 bits per heavy atom. The van der Waals surface area contributed by atoms with Crippen molar-refractivity contribution < 1.29 is 17.9 Å². The molecule has 2 aromatic rings. The Kier molecular flexibility index (Phi) is 8.13. The van der Waals surface area contributed by atoms with Crippen molar-refractivity contribution in [3.8, 4) is 5.75 Å². The zero-order valence-electron chi connectivity index (χ0n) is 18.0. The Balaban J connectivity index is 1.61. The van der Waals surface area contributed by atoms with E-state index in [1.54, 1.807) is 28.6 Å². The molecule has 0 aromatic heterocycles. The average molecular weight is 509 g/mol. The van der Waals surface area contributed by atoms with Crippen molar-refractivity contribution in [1.82, 2.24) is 4.31 Å². The molecule has 168 valence electrons. The maximum atomic E-state index is 12.9. The van der Waals surface area contributed by atoms with Crippen LogP contribution in [-0.2, 0) is 21.2 Å². The van der Waals surface area contributed by atoms with E-state index in [4.69, 9.17) is 4.74 Å². The SMILES string of the molecule is CCc1cc(Br)cc(C)c1NC(=O)COc1ccc(S(=O)(=O)N2CCCCCC2)cc1. The molecule has 1 aliphatic heterocycles. The van der Waals surface area contributed by atoms with Crippen molar-refractivity contribution in [1.29, 1.82) is 0 Å². The maximum absolute atomic E-state index is 12.9. The highest BCUT2D eigenvalue weighted by Gasteiger charge is 2.25. The molecule has 0 saturated carbocycles. The standard InChI is InChI=1S/C23H29BrN2O4S/c1-3-18-15-19(24)14-17(2)23(18)25-22(27)16-30-20-8-10-21(11-9-20)31(28,29)26-12-6-4-5-7-13-26/h8-11,14-15H,3-7,12-13,16H2,1-2H3,(H,25,27). The van der Waals surface area contributed by atoms with E-state index in [2.05, 4.69) is 21.2 Å². The average Bonchev–Trinajstić information content (AvgIpc) is 3.04. The monoisotopic (exact) mass is 508 g/mol. The third-order valence-electron chi connectivity index (χ3n) is 5.42. The number of ether oxygens (including phenoxy) is 1. The van der Waals surface area contributed by atoms with Gasteiger partial charge in [0.25, 0.3) is 5.91 Å². The molecule has 8 heteroatoms. The second-order valence-electron chi connectivity index (χ2n) is 7.74. The van der Waals surface area contributed by atoms with Gasteiger partial charge < -0.3 is 10.1 Å². The summed E-state index contributed by atoms with van der Waals surface area (Å²) in [6.45, 7) is 4.96. The molecular weight excluding hydrogens is 480 g/mol. The molecule has 0 spiro atoms. The Hall–Kier alpha value is -1.90. The van der Waals surface area contributed by atoms with Crippen LogP contribution >= 0.6 is 15.9 Å². The van der Waals surface area contributed by atoms with E-state index in [0.717, 1.165) is 53.4 Å². The van der Waals surface area contributed by atoms with Gasteiger partial charge in [0, 0.05) is 23.2 Å². The number of carbonyl (C=O) groups excluding carboxylic acids is 1. The Morgan fingerprint density at radius 1 is 1.10 bits per heavy atom. The Labute approximate surface area is 193 Å². The number of nitrogens with one attached hydrogen (secondary N) is 1. The second-order valence-corrected chi connectivity index (χ2v) is 10.6. The van der Waals surface area contributed by atoms with Gasteiger partial charge in [-0.1, -0.05) is 35.7 Å². The smallest absolute Gasteiger partial charge is 0.262 e. The van der Waals surface area contributed by atoms with Gasteiger partial charge >= 0.3 is 0 Å². The summed E-state index contributed by atoms with van der Waals surface area (Å²) in [5.41, 5.74) is 2.82. The van der Waals surface area contributed by atoms with Crippen LogP contribution in [0.15, 0.2) is 45.8 Å². The topological polar surface area (TPSA) is 75.7 Å². The number of hydrogen-bond acceptors (Lipinski definition) is 4. The molecule has 0 unspecified atom stereocenters. The fourth-order valence-corrected chi connectivity index (χ4v) is 5.87. The predicted octanol–water partition coefficient (Wildman–Crippen LogP) is 4.90. The number of anilines is 1. The lowest BCUT2D eigenvalue weighted by molar-refractivity contribution is -0.118. The van der Waals surface area contributed by atoms with Gasteiger partial charge in [-0.3, -0.25) is 4.79 Å². The summed E-state index contributed by atoms with van der Waals surface area (Å²) in [6, 6.07) is 10.2. The lowest BCUT2D eigenvalue weighted by Crippen LogP contribution is -2.31. The molecule has 1 N–H and O–H groups in total. The minimum absolute atomic E-state index is 0.156. The van der Waals surface area contributed by atoms with E-state index >= 15 is 0 Å². The second kappa shape index (κ2) is 10.6. The number of aryl methyl sites for hydroxylation is 2. The minimum Gasteiger partial charge on any atom is -0.484 e. The highest BCUT2D eigenvalue weighted by Crippen LogP contribution is 2.27. The summed E-state index contributed by atoms with van der Waals surface area (Å²) in [7, 11) is -3.50. The highest BCUT2D eigenvalue weighted by atomic mass is 79.9. The largest absolute Gasteiger partial charge is 0.484 e. The van der Waals surface area contributed by atoms with E-state index in [1.165, 1.54) is 0 Å². The fraction of sp³-hybridized carbons (Fsp3) is 0.435. The normalized spacial score (nSPS) is 15.3. The number of amides is 1. The van der Waals surface area contributed by atoms with Crippen LogP contribution in [0.2, 0.25) is 0 Å². The number of rotatable bonds is 7. The van der Waals surface area contributed by atoms with Crippen molar-refractivity contribution in [2.45, 2.75) is 50.8 Å². The fourth-order valence-electron chi connectivity index (χ4n) is 3.73. The molecule has 1 saturated heterocycles. The number of benzene rings is 2. The van der Waals surface area contributed by atoms with Crippen LogP contribution in [0, 0.1) is 6.92 Å². The van der Waals surface area contributed by atoms with Crippen LogP contribution in [0.3, 0.4) is 0 Å². The van der Waals surface area contributed by atoms with E-state index in [0.29, 0.717) is 18.8 Å². The van der Waals surface area contributed by atoms with Crippen LogP contribution in [-0.4, -0.2) is 38.3 Å². The third-order valence-corrected chi connectivity index (χ3v) is 7.79. The van der Waals surface area contributed by atoms with Crippen molar-refractivity contribution in [2.75, 3.05) is 25.0 Å². The van der Waals surface area contributed by atoms with Gasteiger partial charge in [-0.15, -0.1) is 0 Å². The number of nitrogens with zero attached hydrogens (tertiary/aromatic N) is 1. The molecule has 31 heavy (non-hydrogen) atoms. The Morgan fingerprint density at radius 2 is 1.74 bits per heavy atom. The lowest BCUT2D eigenvalue weighted by Gasteiger charge is -2.20. The first-order valence-corrected chi connectivity index (χ1v) is 12.9. The number of carbonyl (C=O) groups is 1. The zero-order chi connectivity index (χ0) is 22.4. The van der Waals surface area contributed by atoms with Gasteiger partial charge in [0.1, 0.15) is 5.75 Å². The van der Waals surface area contributed by atoms with Crippen LogP contribution < -0.4 is 10.1 Å². The molecule has 3 rings (SSSR count). The summed E-state index contributed by atoms with van der Waals surface area (Å²) in [5, 5.41) is 2.92. The van der Waals surface area contributed by atoms with Gasteiger partial charge in [-0.05, 0) is 73.7 Å². The lowest BCUT2D eigenvalue weighted by atomic mass is 10.1. The summed E-state index contributed by atoms with van der Waals surface area (Å²) in [5.74, 6) is 0.189. The molecule has 0 bridgehead atoms. The molecule has 1 heterocycles. The summed E-state index contributed by atoms with van der Waals surface area (Å²) < 4.78 is 33.8. The van der Waals surface area contributed by atoms with Crippen molar-refractivity contribution in [3.05, 3.63) is 52.0 Å². The van der Waals surface area contributed by atoms with Gasteiger partial charge in [-0.25, -0.2) is 8.42 Å². The first kappa shape index (κ1) is 23.8. The van der Waals surface area contributed by atoms with Crippen LogP contribution in [0.5, 0.6) is 5.75 Å². The summed E-state index contributed by atoms with van der Waals surface area (Å²) >= 11 is 3.48. The molecule has 0 atom stereocenters. The molecule has 1 fully saturated rings. The van der Waals surface area contributed by atoms with E-state index in [9.17, 15) is 13.2 Å². The van der Waals surface area contributed by atoms with E-state index < -0.39 is 10.0 Å². The third kappa shape index (κ3) is 6.08. The van der Waals surface area contributed by atoms with Gasteiger partial charge in [0.15, 0.2) is 6.61 Å². The minimum atomic E-state index is -3.50. The Bertz CT molecular complexity index is 1010. The molecule has 1 amide bonds. The van der Waals surface area contributed by atoms with Gasteiger partial charge in [0.05, 0.1) is 4.90 Å². The molecular formula is C23H29BrN2O4S. The summed E-state index contributed by atoms with van der Waals surface area (Å²) in [6.07, 6.45) is 4.73. The molecule has 1 aliphatic rings. The van der Waals surface area contributed by atoms with E-state index in [-0.39, 0.29) is 17.4 Å². The predicted molar refractivity (Wildman–Crippen MR) is 126 cm³/mol. The first-order valence-electron chi connectivity index (χ1n) is 10.6. The van der Waals surface area contributed by atoms with Crippen molar-refractivity contribution in [2.24, 2.45) is 0 Å². The molecule has 0 aliphatic carbocycles. The zero-order valence-corrected chi connectivity index (χ0v) is 20.4. The van der Waals surface area contributed by atoms with Gasteiger partial charge in [0.2, 0.25) is 10.0 Å². The first-order chi connectivity index (χ1) is 14.8. The molecule has 6 nitrogen and oxygen atoms in total. The maximum Gasteiger partial charge on any atom is 0.262 e. The van der Waals surface area contributed by atoms with Gasteiger partial charge in [-0.2, -0.15) is 4.31 Å². The van der Waals surface area contributed by atoms with E-state index in [1.807, 2.05) is 26.0 Å². The quantitative estimate of drug-likeness (QED) is 0.576. The summed E-state index contributed by atoms with van der Waals surface area (Å²) in [4.78, 5) is 12.7. The van der Waals surface area contributed by atoms with Crippen LogP contribution in [0.25, 0.3) is 0 Å². The molecule has 2 aromatic carbocycles. The van der Waals surface area contributed by atoms with Crippen LogP contribution in [0.1, 0.15) is 43.7 Å². The van der Waals surface area contributed by atoms with Crippen molar-refractivity contribution >= 4 is 37.5 Å². The number of hydrogen-bond donors (Lipinski definition) is 1. The highest BCUT2D eigenvalue weighted by molar-refractivity contribution is 9.10. The number of sulfonamides is 1.